The van der Waals surface area contributed by atoms with Crippen LogP contribution in [0.25, 0.3) is 0 Å². The van der Waals surface area contributed by atoms with Crippen LogP contribution in [0.3, 0.4) is 0 Å². The Bertz CT molecular complexity index is 430. The lowest BCUT2D eigenvalue weighted by Crippen LogP contribution is -2.45. The van der Waals surface area contributed by atoms with E-state index < -0.39 is 0 Å². The third-order valence-electron chi connectivity index (χ3n) is 3.84. The molecule has 0 bridgehead atoms. The largest absolute Gasteiger partial charge is 0.496 e. The van der Waals surface area contributed by atoms with Crippen molar-refractivity contribution >= 4 is 15.9 Å². The number of piperazine rings is 1. The predicted octanol–water partition coefficient (Wildman–Crippen LogP) is 3.45. The van der Waals surface area contributed by atoms with Crippen molar-refractivity contribution in [1.29, 1.82) is 0 Å². The van der Waals surface area contributed by atoms with Crippen LogP contribution in [0.15, 0.2) is 22.7 Å². The maximum atomic E-state index is 5.59. The Balaban J connectivity index is 2.31. The molecular weight excluding hydrogens is 316 g/mol. The van der Waals surface area contributed by atoms with Crippen molar-refractivity contribution in [1.82, 2.24) is 10.2 Å². The van der Waals surface area contributed by atoms with E-state index in [0.29, 0.717) is 12.0 Å². The van der Waals surface area contributed by atoms with E-state index in [4.69, 9.17) is 4.74 Å². The number of hydrogen-bond donors (Lipinski definition) is 1. The Labute approximate surface area is 130 Å². The number of benzene rings is 1. The number of nitrogens with one attached hydrogen (secondary N) is 1. The minimum Gasteiger partial charge on any atom is -0.496 e. The quantitative estimate of drug-likeness (QED) is 0.888. The van der Waals surface area contributed by atoms with Crippen molar-refractivity contribution in [3.05, 3.63) is 28.2 Å². The van der Waals surface area contributed by atoms with E-state index in [9.17, 15) is 0 Å². The average Bonchev–Trinajstić information content (AvgIpc) is 2.45. The van der Waals surface area contributed by atoms with Gasteiger partial charge in [-0.15, -0.1) is 0 Å². The number of hydrogen-bond acceptors (Lipinski definition) is 3. The maximum absolute atomic E-state index is 5.59. The number of methoxy groups -OCH3 is 1. The molecule has 1 aliphatic heterocycles. The summed E-state index contributed by atoms with van der Waals surface area (Å²) in [5.41, 5.74) is 1.30. The highest BCUT2D eigenvalue weighted by Crippen LogP contribution is 2.35. The molecule has 0 spiro atoms. The van der Waals surface area contributed by atoms with Crippen molar-refractivity contribution < 1.29 is 4.74 Å². The fraction of sp³-hybridized carbons (Fsp3) is 0.625. The Morgan fingerprint density at radius 2 is 2.00 bits per heavy atom. The summed E-state index contributed by atoms with van der Waals surface area (Å²) in [4.78, 5) is 2.58. The number of nitrogens with zero attached hydrogens (tertiary/aromatic N) is 1. The third kappa shape index (κ3) is 3.96. The first-order valence-electron chi connectivity index (χ1n) is 7.40. The molecule has 1 aromatic carbocycles. The molecule has 1 saturated heterocycles. The van der Waals surface area contributed by atoms with Crippen molar-refractivity contribution in [2.75, 3.05) is 33.3 Å². The summed E-state index contributed by atoms with van der Waals surface area (Å²) in [6, 6.07) is 6.76. The van der Waals surface area contributed by atoms with Crippen LogP contribution in [0.1, 0.15) is 31.9 Å². The van der Waals surface area contributed by atoms with Crippen molar-refractivity contribution in [3.63, 3.8) is 0 Å². The van der Waals surface area contributed by atoms with Gasteiger partial charge in [0.25, 0.3) is 0 Å². The Morgan fingerprint density at radius 3 is 2.60 bits per heavy atom. The van der Waals surface area contributed by atoms with Crippen LogP contribution in [0.4, 0.5) is 0 Å². The second-order valence-corrected chi connectivity index (χ2v) is 6.73. The first kappa shape index (κ1) is 15.8. The van der Waals surface area contributed by atoms with Gasteiger partial charge >= 0.3 is 0 Å². The smallest absolute Gasteiger partial charge is 0.123 e. The topological polar surface area (TPSA) is 24.5 Å². The summed E-state index contributed by atoms with van der Waals surface area (Å²) in [6.07, 6.45) is 1.16. The highest BCUT2D eigenvalue weighted by molar-refractivity contribution is 9.10. The van der Waals surface area contributed by atoms with E-state index in [0.717, 1.165) is 42.8 Å². The Kier molecular flexibility index (Phi) is 5.87. The molecule has 1 aromatic rings. The van der Waals surface area contributed by atoms with Crippen molar-refractivity contribution in [3.8, 4) is 5.75 Å². The summed E-state index contributed by atoms with van der Waals surface area (Å²) in [5, 5.41) is 3.43. The van der Waals surface area contributed by atoms with E-state index in [1.807, 2.05) is 6.07 Å². The zero-order chi connectivity index (χ0) is 14.5. The van der Waals surface area contributed by atoms with Crippen LogP contribution in [0.5, 0.6) is 5.75 Å². The molecule has 112 valence electrons. The summed E-state index contributed by atoms with van der Waals surface area (Å²) < 4.78 is 6.71. The molecule has 0 radical (unpaired) electrons. The molecule has 0 amide bonds. The van der Waals surface area contributed by atoms with Gasteiger partial charge in [0, 0.05) is 42.3 Å². The lowest BCUT2D eigenvalue weighted by Gasteiger charge is -2.36. The maximum Gasteiger partial charge on any atom is 0.123 e. The minimum absolute atomic E-state index is 0.435. The van der Waals surface area contributed by atoms with Crippen molar-refractivity contribution in [2.24, 2.45) is 5.92 Å². The summed E-state index contributed by atoms with van der Waals surface area (Å²) in [6.45, 7) is 8.94. The second kappa shape index (κ2) is 7.43. The number of ether oxygens (including phenoxy) is 1. The van der Waals surface area contributed by atoms with Crippen molar-refractivity contribution in [2.45, 2.75) is 26.3 Å². The van der Waals surface area contributed by atoms with Crippen LogP contribution < -0.4 is 10.1 Å². The molecule has 0 aromatic heterocycles. The molecule has 2 rings (SSSR count). The highest BCUT2D eigenvalue weighted by Gasteiger charge is 2.25. The zero-order valence-corrected chi connectivity index (χ0v) is 14.2. The lowest BCUT2D eigenvalue weighted by molar-refractivity contribution is 0.151. The van der Waals surface area contributed by atoms with Gasteiger partial charge in [-0.1, -0.05) is 29.8 Å². The third-order valence-corrected chi connectivity index (χ3v) is 4.33. The lowest BCUT2D eigenvalue weighted by atomic mass is 9.94. The standard InChI is InChI=1S/C16H25BrN2O/c1-12(2)10-15(19-8-6-18-7-9-19)14-11-13(17)4-5-16(14)20-3/h4-5,11-12,15,18H,6-10H2,1-3H3/t15-/m0/s1. The van der Waals surface area contributed by atoms with Crippen LogP contribution >= 0.6 is 15.9 Å². The summed E-state index contributed by atoms with van der Waals surface area (Å²) in [5.74, 6) is 1.66. The van der Waals surface area contributed by atoms with Gasteiger partial charge < -0.3 is 10.1 Å². The second-order valence-electron chi connectivity index (χ2n) is 5.82. The van der Waals surface area contributed by atoms with Crippen LogP contribution in [-0.4, -0.2) is 38.2 Å². The van der Waals surface area contributed by atoms with E-state index in [2.05, 4.69) is 52.1 Å². The predicted molar refractivity (Wildman–Crippen MR) is 87.3 cm³/mol. The molecular formula is C16H25BrN2O. The normalized spacial score (nSPS) is 18.2. The Morgan fingerprint density at radius 1 is 1.30 bits per heavy atom. The van der Waals surface area contributed by atoms with Gasteiger partial charge in [-0.05, 0) is 30.5 Å². The molecule has 1 fully saturated rings. The molecule has 0 unspecified atom stereocenters. The van der Waals surface area contributed by atoms with Gasteiger partial charge in [0.1, 0.15) is 5.75 Å². The van der Waals surface area contributed by atoms with E-state index in [1.54, 1.807) is 7.11 Å². The van der Waals surface area contributed by atoms with Gasteiger partial charge in [-0.3, -0.25) is 4.90 Å². The average molecular weight is 341 g/mol. The van der Waals surface area contributed by atoms with Crippen LogP contribution in [0, 0.1) is 5.92 Å². The zero-order valence-electron chi connectivity index (χ0n) is 12.7. The Hall–Kier alpha value is -0.580. The monoisotopic (exact) mass is 340 g/mol. The molecule has 4 heteroatoms. The fourth-order valence-corrected chi connectivity index (χ4v) is 3.26. The van der Waals surface area contributed by atoms with Crippen LogP contribution in [-0.2, 0) is 0 Å². The molecule has 1 N–H and O–H groups in total. The first-order chi connectivity index (χ1) is 9.61. The van der Waals surface area contributed by atoms with E-state index in [1.165, 1.54) is 5.56 Å². The fourth-order valence-electron chi connectivity index (χ4n) is 2.88. The van der Waals surface area contributed by atoms with Crippen LogP contribution in [0.2, 0.25) is 0 Å². The molecule has 3 nitrogen and oxygen atoms in total. The first-order valence-corrected chi connectivity index (χ1v) is 8.19. The van der Waals surface area contributed by atoms with Gasteiger partial charge in [0.15, 0.2) is 0 Å². The molecule has 1 aliphatic rings. The van der Waals surface area contributed by atoms with E-state index in [-0.39, 0.29) is 0 Å². The number of halogens is 1. The van der Waals surface area contributed by atoms with Gasteiger partial charge in [-0.25, -0.2) is 0 Å². The van der Waals surface area contributed by atoms with E-state index >= 15 is 0 Å². The summed E-state index contributed by atoms with van der Waals surface area (Å²) in [7, 11) is 1.76. The molecule has 20 heavy (non-hydrogen) atoms. The molecule has 1 atom stereocenters. The minimum atomic E-state index is 0.435. The van der Waals surface area contributed by atoms with Gasteiger partial charge in [0.05, 0.1) is 7.11 Å². The van der Waals surface area contributed by atoms with Gasteiger partial charge in [0.2, 0.25) is 0 Å². The molecule has 0 saturated carbocycles. The summed E-state index contributed by atoms with van der Waals surface area (Å²) >= 11 is 3.60. The highest BCUT2D eigenvalue weighted by atomic mass is 79.9. The SMILES string of the molecule is COc1ccc(Br)cc1[C@H](CC(C)C)N1CCNCC1. The van der Waals surface area contributed by atoms with Gasteiger partial charge in [-0.2, -0.15) is 0 Å². The molecule has 0 aliphatic carbocycles. The molecule has 1 heterocycles. The number of rotatable bonds is 5.